The van der Waals surface area contributed by atoms with Crippen molar-refractivity contribution in [3.63, 3.8) is 0 Å². The molecule has 150 valence electrons. The van der Waals surface area contributed by atoms with E-state index in [1.165, 1.54) is 18.4 Å². The van der Waals surface area contributed by atoms with E-state index in [2.05, 4.69) is 10.3 Å². The van der Waals surface area contributed by atoms with Crippen molar-refractivity contribution in [1.29, 1.82) is 0 Å². The second-order valence-electron chi connectivity index (χ2n) is 6.54. The first kappa shape index (κ1) is 20.5. The molecule has 0 bridgehead atoms. The zero-order valence-corrected chi connectivity index (χ0v) is 17.5. The maximum Gasteiger partial charge on any atom is 0.351 e. The molecule has 1 heterocycles. The second-order valence-corrected chi connectivity index (χ2v) is 7.74. The van der Waals surface area contributed by atoms with Crippen LogP contribution < -0.4 is 10.1 Å². The van der Waals surface area contributed by atoms with Crippen LogP contribution in [0, 0.1) is 20.8 Å². The van der Waals surface area contributed by atoms with E-state index in [1.54, 1.807) is 43.3 Å². The third-order valence-corrected chi connectivity index (χ3v) is 5.32. The number of carbonyl (C=O) groups excluding carboxylic acids is 2. The molecule has 6 nitrogen and oxygen atoms in total. The molecule has 0 aliphatic carbocycles. The number of aromatic nitrogens is 1. The maximum atomic E-state index is 13.1. The maximum absolute atomic E-state index is 13.1. The third-order valence-electron chi connectivity index (χ3n) is 4.27. The van der Waals surface area contributed by atoms with Crippen molar-refractivity contribution in [3.05, 3.63) is 75.2 Å². The molecule has 1 amide bonds. The molecule has 1 unspecified atom stereocenters. The van der Waals surface area contributed by atoms with Crippen LogP contribution in [-0.4, -0.2) is 24.0 Å². The molecule has 0 fully saturated rings. The molecule has 7 heteroatoms. The standard InChI is InChI=1S/C22H22N2O4S/c1-13-10-11-18(27-4)17(12-13)24-21(25)19(16-8-6-5-7-9-16)28-22(26)20-14(2)23-15(3)29-20/h5-12,19H,1-4H3,(H,24,25). The predicted molar refractivity (Wildman–Crippen MR) is 113 cm³/mol. The molecule has 0 saturated heterocycles. The molecule has 3 rings (SSSR count). The summed E-state index contributed by atoms with van der Waals surface area (Å²) in [5.41, 5.74) is 2.64. The number of methoxy groups -OCH3 is 1. The molecule has 1 aromatic heterocycles. The summed E-state index contributed by atoms with van der Waals surface area (Å²) in [7, 11) is 1.53. The van der Waals surface area contributed by atoms with Gasteiger partial charge in [0, 0.05) is 5.56 Å². The topological polar surface area (TPSA) is 77.5 Å². The molecule has 0 radical (unpaired) electrons. The number of aryl methyl sites for hydroxylation is 3. The van der Waals surface area contributed by atoms with Crippen molar-refractivity contribution >= 4 is 28.9 Å². The van der Waals surface area contributed by atoms with E-state index in [0.717, 1.165) is 10.6 Å². The summed E-state index contributed by atoms with van der Waals surface area (Å²) in [6.45, 7) is 5.48. The van der Waals surface area contributed by atoms with Crippen LogP contribution in [0.4, 0.5) is 5.69 Å². The van der Waals surface area contributed by atoms with Crippen molar-refractivity contribution in [3.8, 4) is 5.75 Å². The highest BCUT2D eigenvalue weighted by Crippen LogP contribution is 2.29. The number of nitrogens with one attached hydrogen (secondary N) is 1. The Kier molecular flexibility index (Phi) is 6.29. The number of benzene rings is 2. The molecule has 0 saturated carbocycles. The lowest BCUT2D eigenvalue weighted by atomic mass is 10.1. The van der Waals surface area contributed by atoms with Gasteiger partial charge in [-0.25, -0.2) is 9.78 Å². The van der Waals surface area contributed by atoms with Gasteiger partial charge in [0.25, 0.3) is 5.91 Å². The Morgan fingerprint density at radius 3 is 2.41 bits per heavy atom. The fourth-order valence-electron chi connectivity index (χ4n) is 2.90. The zero-order chi connectivity index (χ0) is 21.0. The second kappa shape index (κ2) is 8.87. The molecular weight excluding hydrogens is 388 g/mol. The summed E-state index contributed by atoms with van der Waals surface area (Å²) in [4.78, 5) is 30.5. The van der Waals surface area contributed by atoms with Crippen molar-refractivity contribution in [2.45, 2.75) is 26.9 Å². The molecule has 2 aromatic carbocycles. The van der Waals surface area contributed by atoms with Crippen LogP contribution in [-0.2, 0) is 9.53 Å². The Morgan fingerprint density at radius 1 is 1.07 bits per heavy atom. The SMILES string of the molecule is COc1ccc(C)cc1NC(=O)C(OC(=O)c1sc(C)nc1C)c1ccccc1. The largest absolute Gasteiger partial charge is 0.495 e. The number of rotatable bonds is 6. The number of ether oxygens (including phenoxy) is 2. The highest BCUT2D eigenvalue weighted by molar-refractivity contribution is 7.13. The minimum Gasteiger partial charge on any atom is -0.495 e. The van der Waals surface area contributed by atoms with Crippen molar-refractivity contribution < 1.29 is 19.1 Å². The molecule has 3 aromatic rings. The number of hydrogen-bond donors (Lipinski definition) is 1. The average molecular weight is 410 g/mol. The lowest BCUT2D eigenvalue weighted by Crippen LogP contribution is -2.26. The van der Waals surface area contributed by atoms with Crippen LogP contribution in [0.15, 0.2) is 48.5 Å². The monoisotopic (exact) mass is 410 g/mol. The first-order valence-electron chi connectivity index (χ1n) is 9.04. The molecule has 0 aliphatic rings. The Morgan fingerprint density at radius 2 is 1.79 bits per heavy atom. The summed E-state index contributed by atoms with van der Waals surface area (Å²) in [5.74, 6) is -0.517. The Hall–Kier alpha value is -3.19. The van der Waals surface area contributed by atoms with Crippen LogP contribution in [0.25, 0.3) is 0 Å². The third kappa shape index (κ3) is 4.81. The Bertz CT molecular complexity index is 1030. The molecule has 1 atom stereocenters. The summed E-state index contributed by atoms with van der Waals surface area (Å²) < 4.78 is 11.0. The smallest absolute Gasteiger partial charge is 0.351 e. The van der Waals surface area contributed by atoms with Gasteiger partial charge in [0.15, 0.2) is 0 Å². The van der Waals surface area contributed by atoms with Gasteiger partial charge in [-0.3, -0.25) is 4.79 Å². The van der Waals surface area contributed by atoms with Gasteiger partial charge in [-0.15, -0.1) is 11.3 Å². The van der Waals surface area contributed by atoms with E-state index in [-0.39, 0.29) is 0 Å². The number of amides is 1. The van der Waals surface area contributed by atoms with Crippen molar-refractivity contribution in [1.82, 2.24) is 4.98 Å². The Labute approximate surface area is 173 Å². The van der Waals surface area contributed by atoms with Crippen molar-refractivity contribution in [2.75, 3.05) is 12.4 Å². The molecule has 0 spiro atoms. The number of hydrogen-bond acceptors (Lipinski definition) is 6. The van der Waals surface area contributed by atoms with Crippen LogP contribution in [0.3, 0.4) is 0 Å². The fourth-order valence-corrected chi connectivity index (χ4v) is 3.70. The van der Waals surface area contributed by atoms with Crippen LogP contribution in [0.1, 0.15) is 37.6 Å². The van der Waals surface area contributed by atoms with Gasteiger partial charge in [0.1, 0.15) is 10.6 Å². The fraction of sp³-hybridized carbons (Fsp3) is 0.227. The van der Waals surface area contributed by atoms with E-state index in [9.17, 15) is 9.59 Å². The minimum absolute atomic E-state index is 0.393. The van der Waals surface area contributed by atoms with E-state index in [1.807, 2.05) is 26.0 Å². The van der Waals surface area contributed by atoms with Crippen molar-refractivity contribution in [2.24, 2.45) is 0 Å². The number of thiazole rings is 1. The summed E-state index contributed by atoms with van der Waals surface area (Å²) in [5, 5.41) is 3.59. The lowest BCUT2D eigenvalue weighted by molar-refractivity contribution is -0.125. The van der Waals surface area contributed by atoms with Crippen LogP contribution in [0.5, 0.6) is 5.75 Å². The highest BCUT2D eigenvalue weighted by atomic mass is 32.1. The minimum atomic E-state index is -1.12. The number of esters is 1. The summed E-state index contributed by atoms with van der Waals surface area (Å²) in [6.07, 6.45) is -1.12. The quantitative estimate of drug-likeness (QED) is 0.600. The van der Waals surface area contributed by atoms with Gasteiger partial charge in [-0.1, -0.05) is 36.4 Å². The molecular formula is C22H22N2O4S. The molecule has 29 heavy (non-hydrogen) atoms. The highest BCUT2D eigenvalue weighted by Gasteiger charge is 2.28. The van der Waals surface area contributed by atoms with E-state index >= 15 is 0 Å². The van der Waals surface area contributed by atoms with Gasteiger partial charge in [-0.2, -0.15) is 0 Å². The normalized spacial score (nSPS) is 11.6. The number of nitrogens with zero attached hydrogens (tertiary/aromatic N) is 1. The van der Waals surface area contributed by atoms with Gasteiger partial charge in [0.2, 0.25) is 6.10 Å². The first-order valence-corrected chi connectivity index (χ1v) is 9.86. The summed E-state index contributed by atoms with van der Waals surface area (Å²) in [6, 6.07) is 14.4. The van der Waals surface area contributed by atoms with Crippen LogP contribution in [0.2, 0.25) is 0 Å². The summed E-state index contributed by atoms with van der Waals surface area (Å²) >= 11 is 1.25. The van der Waals surface area contributed by atoms with E-state index < -0.39 is 18.0 Å². The lowest BCUT2D eigenvalue weighted by Gasteiger charge is -2.19. The van der Waals surface area contributed by atoms with Gasteiger partial charge < -0.3 is 14.8 Å². The van der Waals surface area contributed by atoms with Gasteiger partial charge >= 0.3 is 5.97 Å². The van der Waals surface area contributed by atoms with Crippen LogP contribution >= 0.6 is 11.3 Å². The first-order chi connectivity index (χ1) is 13.9. The van der Waals surface area contributed by atoms with E-state index in [4.69, 9.17) is 9.47 Å². The van der Waals surface area contributed by atoms with Gasteiger partial charge in [-0.05, 0) is 38.5 Å². The predicted octanol–water partition coefficient (Wildman–Crippen LogP) is 4.61. The Balaban J connectivity index is 1.90. The molecule has 0 aliphatic heterocycles. The zero-order valence-electron chi connectivity index (χ0n) is 16.7. The number of anilines is 1. The number of carbonyl (C=O) groups is 2. The average Bonchev–Trinajstić information content (AvgIpc) is 3.05. The van der Waals surface area contributed by atoms with E-state index in [0.29, 0.717) is 27.6 Å². The van der Waals surface area contributed by atoms with Gasteiger partial charge in [0.05, 0.1) is 23.5 Å². The molecule has 1 N–H and O–H groups in total.